The maximum absolute atomic E-state index is 11.9. The van der Waals surface area contributed by atoms with E-state index in [0.29, 0.717) is 25.6 Å². The molecule has 1 aliphatic heterocycles. The molecule has 1 aromatic rings. The van der Waals surface area contributed by atoms with Gasteiger partial charge in [0.2, 0.25) is 5.91 Å². The molecule has 0 aliphatic carbocycles. The highest BCUT2D eigenvalue weighted by atomic mass is 16.5. The predicted octanol–water partition coefficient (Wildman–Crippen LogP) is 1.58. The average molecular weight is 320 g/mol. The second kappa shape index (κ2) is 8.89. The Hall–Kier alpha value is -1.59. The van der Waals surface area contributed by atoms with E-state index in [4.69, 9.17) is 4.74 Å². The van der Waals surface area contributed by atoms with Gasteiger partial charge in [0.15, 0.2) is 0 Å². The standard InChI is InChI=1S/C18H28N2O3/c1-14-4-3-5-17(12-14)23-11-8-19-18(22)13-20-9-6-16(7-10-20)15(2)21/h3-5,12,15-16,21H,6-11,13H2,1-2H3,(H,19,22). The quantitative estimate of drug-likeness (QED) is 0.749. The van der Waals surface area contributed by atoms with Crippen LogP contribution >= 0.6 is 0 Å². The highest BCUT2D eigenvalue weighted by molar-refractivity contribution is 5.78. The van der Waals surface area contributed by atoms with Crippen molar-refractivity contribution in [2.75, 3.05) is 32.8 Å². The number of piperidine rings is 1. The number of carbonyl (C=O) groups is 1. The van der Waals surface area contributed by atoms with Gasteiger partial charge in [-0.15, -0.1) is 0 Å². The number of aliphatic hydroxyl groups excluding tert-OH is 1. The van der Waals surface area contributed by atoms with Gasteiger partial charge < -0.3 is 15.2 Å². The molecule has 1 amide bonds. The molecule has 1 heterocycles. The number of ether oxygens (including phenoxy) is 1. The highest BCUT2D eigenvalue weighted by Crippen LogP contribution is 2.20. The normalized spacial score (nSPS) is 17.7. The van der Waals surface area contributed by atoms with Crippen molar-refractivity contribution in [2.45, 2.75) is 32.8 Å². The molecular formula is C18H28N2O3. The van der Waals surface area contributed by atoms with Crippen LogP contribution in [0.15, 0.2) is 24.3 Å². The van der Waals surface area contributed by atoms with Crippen molar-refractivity contribution in [3.8, 4) is 5.75 Å². The minimum absolute atomic E-state index is 0.0355. The second-order valence-electron chi connectivity index (χ2n) is 6.37. The first-order valence-electron chi connectivity index (χ1n) is 8.41. The second-order valence-corrected chi connectivity index (χ2v) is 6.37. The Morgan fingerprint density at radius 2 is 2.17 bits per heavy atom. The van der Waals surface area contributed by atoms with Gasteiger partial charge in [-0.25, -0.2) is 0 Å². The first kappa shape index (κ1) is 17.8. The van der Waals surface area contributed by atoms with Gasteiger partial charge in [0.1, 0.15) is 12.4 Å². The monoisotopic (exact) mass is 320 g/mol. The predicted molar refractivity (Wildman–Crippen MR) is 90.5 cm³/mol. The Labute approximate surface area is 138 Å². The summed E-state index contributed by atoms with van der Waals surface area (Å²) in [6.45, 7) is 7.04. The van der Waals surface area contributed by atoms with Crippen LogP contribution in [-0.4, -0.2) is 54.8 Å². The molecule has 128 valence electrons. The zero-order valence-corrected chi connectivity index (χ0v) is 14.1. The van der Waals surface area contributed by atoms with Crippen molar-refractivity contribution in [2.24, 2.45) is 5.92 Å². The Morgan fingerprint density at radius 1 is 1.43 bits per heavy atom. The lowest BCUT2D eigenvalue weighted by molar-refractivity contribution is -0.122. The molecule has 0 spiro atoms. The van der Waals surface area contributed by atoms with Gasteiger partial charge in [-0.05, 0) is 63.4 Å². The molecule has 1 atom stereocenters. The van der Waals surface area contributed by atoms with E-state index in [2.05, 4.69) is 10.2 Å². The van der Waals surface area contributed by atoms with E-state index in [9.17, 15) is 9.90 Å². The summed E-state index contributed by atoms with van der Waals surface area (Å²) in [7, 11) is 0. The molecule has 1 fully saturated rings. The van der Waals surface area contributed by atoms with Crippen LogP contribution in [0.1, 0.15) is 25.3 Å². The SMILES string of the molecule is Cc1cccc(OCCNC(=O)CN2CCC(C(C)O)CC2)c1. The molecule has 2 rings (SSSR count). The van der Waals surface area contributed by atoms with E-state index in [1.54, 1.807) is 0 Å². The number of amides is 1. The summed E-state index contributed by atoms with van der Waals surface area (Å²) in [5.41, 5.74) is 1.16. The summed E-state index contributed by atoms with van der Waals surface area (Å²) in [6.07, 6.45) is 1.67. The number of hydrogen-bond donors (Lipinski definition) is 2. The molecule has 5 heteroatoms. The summed E-state index contributed by atoms with van der Waals surface area (Å²) in [6, 6.07) is 7.88. The van der Waals surface area contributed by atoms with Crippen molar-refractivity contribution < 1.29 is 14.6 Å². The van der Waals surface area contributed by atoms with Gasteiger partial charge in [-0.2, -0.15) is 0 Å². The fourth-order valence-corrected chi connectivity index (χ4v) is 2.92. The van der Waals surface area contributed by atoms with Gasteiger partial charge in [0.05, 0.1) is 19.2 Å². The van der Waals surface area contributed by atoms with Crippen LogP contribution in [0.2, 0.25) is 0 Å². The van der Waals surface area contributed by atoms with E-state index in [1.807, 2.05) is 38.1 Å². The third-order valence-electron chi connectivity index (χ3n) is 4.36. The Balaban J connectivity index is 1.59. The average Bonchev–Trinajstić information content (AvgIpc) is 2.52. The Morgan fingerprint density at radius 3 is 2.83 bits per heavy atom. The van der Waals surface area contributed by atoms with Gasteiger partial charge in [0, 0.05) is 0 Å². The fourth-order valence-electron chi connectivity index (χ4n) is 2.92. The minimum atomic E-state index is -0.246. The molecule has 0 radical (unpaired) electrons. The zero-order chi connectivity index (χ0) is 16.7. The Bertz CT molecular complexity index is 497. The van der Waals surface area contributed by atoms with Crippen molar-refractivity contribution in [3.05, 3.63) is 29.8 Å². The molecule has 5 nitrogen and oxygen atoms in total. The molecule has 23 heavy (non-hydrogen) atoms. The maximum atomic E-state index is 11.9. The van der Waals surface area contributed by atoms with E-state index in [1.165, 1.54) is 0 Å². The van der Waals surface area contributed by atoms with E-state index < -0.39 is 0 Å². The van der Waals surface area contributed by atoms with Crippen LogP contribution in [0.4, 0.5) is 0 Å². The lowest BCUT2D eigenvalue weighted by Crippen LogP contribution is -2.43. The number of rotatable bonds is 7. The van der Waals surface area contributed by atoms with Crippen LogP contribution < -0.4 is 10.1 Å². The third kappa shape index (κ3) is 6.20. The van der Waals surface area contributed by atoms with Gasteiger partial charge in [0.25, 0.3) is 0 Å². The van der Waals surface area contributed by atoms with Crippen molar-refractivity contribution in [3.63, 3.8) is 0 Å². The minimum Gasteiger partial charge on any atom is -0.492 e. The number of aliphatic hydroxyl groups is 1. The van der Waals surface area contributed by atoms with Crippen LogP contribution in [0.3, 0.4) is 0 Å². The summed E-state index contributed by atoms with van der Waals surface area (Å²) < 4.78 is 5.61. The Kier molecular flexibility index (Phi) is 6.86. The molecule has 1 unspecified atom stereocenters. The van der Waals surface area contributed by atoms with Crippen LogP contribution in [0.25, 0.3) is 0 Å². The largest absolute Gasteiger partial charge is 0.492 e. The van der Waals surface area contributed by atoms with Gasteiger partial charge in [-0.3, -0.25) is 9.69 Å². The number of hydrogen-bond acceptors (Lipinski definition) is 4. The number of nitrogens with zero attached hydrogens (tertiary/aromatic N) is 1. The number of aryl methyl sites for hydroxylation is 1. The fraction of sp³-hybridized carbons (Fsp3) is 0.611. The first-order valence-corrected chi connectivity index (χ1v) is 8.41. The number of benzene rings is 1. The van der Waals surface area contributed by atoms with Crippen molar-refractivity contribution >= 4 is 5.91 Å². The first-order chi connectivity index (χ1) is 11.0. The molecule has 0 aromatic heterocycles. The summed E-state index contributed by atoms with van der Waals surface area (Å²) in [5.74, 6) is 1.24. The van der Waals surface area contributed by atoms with Crippen LogP contribution in [0.5, 0.6) is 5.75 Å². The lowest BCUT2D eigenvalue weighted by atomic mass is 9.92. The lowest BCUT2D eigenvalue weighted by Gasteiger charge is -2.32. The van der Waals surface area contributed by atoms with E-state index in [-0.39, 0.29) is 12.0 Å². The molecule has 1 aliphatic rings. The maximum Gasteiger partial charge on any atom is 0.234 e. The van der Waals surface area contributed by atoms with Crippen LogP contribution in [0, 0.1) is 12.8 Å². The van der Waals surface area contributed by atoms with E-state index in [0.717, 1.165) is 37.2 Å². The highest BCUT2D eigenvalue weighted by Gasteiger charge is 2.23. The zero-order valence-electron chi connectivity index (χ0n) is 14.1. The van der Waals surface area contributed by atoms with E-state index >= 15 is 0 Å². The molecule has 1 saturated heterocycles. The smallest absolute Gasteiger partial charge is 0.234 e. The van der Waals surface area contributed by atoms with Crippen LogP contribution in [-0.2, 0) is 4.79 Å². The molecule has 1 aromatic carbocycles. The molecule has 2 N–H and O–H groups in total. The third-order valence-corrected chi connectivity index (χ3v) is 4.36. The number of likely N-dealkylation sites (tertiary alicyclic amines) is 1. The summed E-state index contributed by atoms with van der Waals surface area (Å²) in [4.78, 5) is 14.1. The number of nitrogens with one attached hydrogen (secondary N) is 1. The molecular weight excluding hydrogens is 292 g/mol. The summed E-state index contributed by atoms with van der Waals surface area (Å²) in [5, 5.41) is 12.5. The van der Waals surface area contributed by atoms with Crippen molar-refractivity contribution in [1.82, 2.24) is 10.2 Å². The summed E-state index contributed by atoms with van der Waals surface area (Å²) >= 11 is 0. The topological polar surface area (TPSA) is 61.8 Å². The number of carbonyl (C=O) groups excluding carboxylic acids is 1. The van der Waals surface area contributed by atoms with Gasteiger partial charge in [-0.1, -0.05) is 12.1 Å². The van der Waals surface area contributed by atoms with Gasteiger partial charge >= 0.3 is 0 Å². The molecule has 0 saturated carbocycles. The molecule has 0 bridgehead atoms. The van der Waals surface area contributed by atoms with Crippen molar-refractivity contribution in [1.29, 1.82) is 0 Å².